The molecule has 1 radical (unpaired) electrons. The molecule has 0 aromatic carbocycles. The van der Waals surface area contributed by atoms with Crippen LogP contribution in [0, 0.1) is 12.8 Å². The quantitative estimate of drug-likeness (QED) is 0.346. The number of esters is 1. The van der Waals surface area contributed by atoms with Crippen molar-refractivity contribution in [1.82, 2.24) is 0 Å². The minimum Gasteiger partial charge on any atom is -0.481 e. The highest BCUT2D eigenvalue weighted by molar-refractivity contribution is 5.69. The van der Waals surface area contributed by atoms with Gasteiger partial charge in [-0.1, -0.05) is 73.1 Å². The van der Waals surface area contributed by atoms with Gasteiger partial charge in [0.25, 0.3) is 0 Å². The van der Waals surface area contributed by atoms with Gasteiger partial charge in [-0.15, -0.1) is 0 Å². The molecule has 0 aliphatic heterocycles. The third-order valence-electron chi connectivity index (χ3n) is 3.23. The van der Waals surface area contributed by atoms with Gasteiger partial charge < -0.3 is 9.84 Å². The van der Waals surface area contributed by atoms with Crippen LogP contribution in [-0.4, -0.2) is 23.7 Å². The van der Waals surface area contributed by atoms with Crippen LogP contribution in [0.2, 0.25) is 0 Å². The van der Waals surface area contributed by atoms with E-state index in [1.807, 2.05) is 6.92 Å². The van der Waals surface area contributed by atoms with Crippen LogP contribution in [0.5, 0.6) is 0 Å². The summed E-state index contributed by atoms with van der Waals surface area (Å²) in [5.41, 5.74) is 0. The van der Waals surface area contributed by atoms with E-state index in [2.05, 4.69) is 27.7 Å². The van der Waals surface area contributed by atoms with E-state index in [9.17, 15) is 9.59 Å². The summed E-state index contributed by atoms with van der Waals surface area (Å²) in [7, 11) is 0. The number of carboxylic acids is 1. The van der Waals surface area contributed by atoms with E-state index in [0.29, 0.717) is 25.4 Å². The summed E-state index contributed by atoms with van der Waals surface area (Å²) in [5.74, 6) is -0.149. The van der Waals surface area contributed by atoms with Gasteiger partial charge in [0.1, 0.15) is 0 Å². The van der Waals surface area contributed by atoms with Crippen molar-refractivity contribution >= 4 is 11.9 Å². The molecule has 0 bridgehead atoms. The Hall–Kier alpha value is -1.06. The van der Waals surface area contributed by atoms with Crippen molar-refractivity contribution in [3.63, 3.8) is 0 Å². The average molecular weight is 346 g/mol. The van der Waals surface area contributed by atoms with Gasteiger partial charge in [-0.25, -0.2) is 0 Å². The fourth-order valence-electron chi connectivity index (χ4n) is 1.87. The third kappa shape index (κ3) is 32.8. The molecule has 4 nitrogen and oxygen atoms in total. The van der Waals surface area contributed by atoms with Gasteiger partial charge in [0, 0.05) is 12.8 Å². The van der Waals surface area contributed by atoms with Gasteiger partial charge in [-0.2, -0.15) is 0 Å². The van der Waals surface area contributed by atoms with Crippen LogP contribution in [0.3, 0.4) is 0 Å². The number of carbonyl (C=O) groups excluding carboxylic acids is 1. The van der Waals surface area contributed by atoms with E-state index in [0.717, 1.165) is 19.3 Å². The van der Waals surface area contributed by atoms with Crippen molar-refractivity contribution in [2.75, 3.05) is 6.61 Å². The predicted octanol–water partition coefficient (Wildman–Crippen LogP) is 6.04. The first kappa shape index (κ1) is 27.8. The number of unbranched alkanes of at least 4 members (excludes halogenated alkanes) is 6. The fraction of sp³-hybridized carbons (Fsp3) is 0.850. The van der Waals surface area contributed by atoms with Crippen molar-refractivity contribution in [2.24, 2.45) is 5.92 Å². The Kier molecular flexibility index (Phi) is 28.0. The fourth-order valence-corrected chi connectivity index (χ4v) is 1.87. The molecule has 0 amide bonds. The normalized spacial score (nSPS) is 9.46. The van der Waals surface area contributed by atoms with Crippen LogP contribution in [0.4, 0.5) is 0 Å². The lowest BCUT2D eigenvalue weighted by Crippen LogP contribution is -2.04. The van der Waals surface area contributed by atoms with E-state index >= 15 is 0 Å². The van der Waals surface area contributed by atoms with Crippen LogP contribution >= 0.6 is 0 Å². The Morgan fingerprint density at radius 2 is 1.42 bits per heavy atom. The zero-order valence-electron chi connectivity index (χ0n) is 16.7. The van der Waals surface area contributed by atoms with Crippen molar-refractivity contribution in [1.29, 1.82) is 0 Å². The van der Waals surface area contributed by atoms with Crippen LogP contribution in [0.1, 0.15) is 98.8 Å². The summed E-state index contributed by atoms with van der Waals surface area (Å²) in [6.45, 7) is 13.7. The van der Waals surface area contributed by atoms with Crippen LogP contribution in [-0.2, 0) is 14.3 Å². The number of carboxylic acid groups (broad SMARTS) is 1. The van der Waals surface area contributed by atoms with Crippen molar-refractivity contribution in [3.05, 3.63) is 6.92 Å². The molecule has 0 spiro atoms. The van der Waals surface area contributed by atoms with Gasteiger partial charge in [0.2, 0.25) is 0 Å². The number of ether oxygens (including phenoxy) is 1. The molecule has 0 saturated carbocycles. The van der Waals surface area contributed by atoms with E-state index < -0.39 is 5.97 Å². The zero-order chi connectivity index (χ0) is 19.2. The second-order valence-corrected chi connectivity index (χ2v) is 6.00. The molecule has 0 fully saturated rings. The lowest BCUT2D eigenvalue weighted by Gasteiger charge is -2.03. The Bertz CT molecular complexity index is 262. The Morgan fingerprint density at radius 3 is 1.83 bits per heavy atom. The minimum atomic E-state index is -0.663. The number of aliphatic carboxylic acids is 1. The first-order chi connectivity index (χ1) is 11.4. The molecule has 0 aliphatic rings. The topological polar surface area (TPSA) is 63.6 Å². The number of carbonyl (C=O) groups is 2. The molecule has 0 aromatic rings. The summed E-state index contributed by atoms with van der Waals surface area (Å²) in [6.07, 6.45) is 10.1. The average Bonchev–Trinajstić information content (AvgIpc) is 2.55. The van der Waals surface area contributed by atoms with Crippen LogP contribution in [0.25, 0.3) is 0 Å². The highest BCUT2D eigenvalue weighted by Crippen LogP contribution is 2.08. The van der Waals surface area contributed by atoms with Crippen LogP contribution in [0.15, 0.2) is 0 Å². The Balaban J connectivity index is -0.000000337. The maximum absolute atomic E-state index is 10.7. The second-order valence-electron chi connectivity index (χ2n) is 6.00. The van der Waals surface area contributed by atoms with Crippen molar-refractivity contribution in [3.8, 4) is 0 Å². The van der Waals surface area contributed by atoms with Crippen molar-refractivity contribution < 1.29 is 19.4 Å². The molecule has 145 valence electrons. The maximum atomic E-state index is 10.7. The molecule has 1 N–H and O–H groups in total. The number of rotatable bonds is 12. The molecule has 0 aliphatic carbocycles. The first-order valence-electron chi connectivity index (χ1n) is 9.52. The molecular formula is C20H41O4. The maximum Gasteiger partial charge on any atom is 0.305 e. The smallest absolute Gasteiger partial charge is 0.305 e. The van der Waals surface area contributed by atoms with Gasteiger partial charge in [0.05, 0.1) is 6.61 Å². The molecule has 0 atom stereocenters. The van der Waals surface area contributed by atoms with Gasteiger partial charge in [0.15, 0.2) is 0 Å². The van der Waals surface area contributed by atoms with Crippen LogP contribution < -0.4 is 0 Å². The molecule has 0 unspecified atom stereocenters. The molecule has 0 aromatic heterocycles. The standard InChI is InChI=1S/C10H20O2.C8H16O2.C2H5/c1-2-3-4-5-6-7-8-9-10(11)12;1-4-10-8(9)6-5-7(2)3;1-2/h2-9H2,1H3,(H,11,12);7H,4-6H2,1-3H3;1H2,2H3. The zero-order valence-corrected chi connectivity index (χ0v) is 16.7. The number of hydrogen-bond donors (Lipinski definition) is 1. The largest absolute Gasteiger partial charge is 0.481 e. The van der Waals surface area contributed by atoms with Crippen molar-refractivity contribution in [2.45, 2.75) is 98.8 Å². The second kappa shape index (κ2) is 24.2. The lowest BCUT2D eigenvalue weighted by molar-refractivity contribution is -0.143. The SMILES string of the molecule is CCCCCCCCCC(=O)O.CCOC(=O)CCC(C)C.[CH2]C. The third-order valence-corrected chi connectivity index (χ3v) is 3.23. The molecule has 4 heteroatoms. The molecular weight excluding hydrogens is 304 g/mol. The molecule has 0 saturated heterocycles. The molecule has 0 rings (SSSR count). The lowest BCUT2D eigenvalue weighted by atomic mass is 10.1. The van der Waals surface area contributed by atoms with Gasteiger partial charge in [-0.05, 0) is 25.7 Å². The monoisotopic (exact) mass is 345 g/mol. The van der Waals surface area contributed by atoms with E-state index in [4.69, 9.17) is 9.84 Å². The Labute approximate surface area is 150 Å². The molecule has 0 heterocycles. The summed E-state index contributed by atoms with van der Waals surface area (Å²) in [6, 6.07) is 0. The summed E-state index contributed by atoms with van der Waals surface area (Å²) < 4.78 is 4.75. The predicted molar refractivity (Wildman–Crippen MR) is 102 cm³/mol. The highest BCUT2D eigenvalue weighted by atomic mass is 16.5. The van der Waals surface area contributed by atoms with E-state index in [1.54, 1.807) is 6.92 Å². The summed E-state index contributed by atoms with van der Waals surface area (Å²) >= 11 is 0. The molecule has 24 heavy (non-hydrogen) atoms. The summed E-state index contributed by atoms with van der Waals surface area (Å²) in [5, 5.41) is 8.35. The first-order valence-corrected chi connectivity index (χ1v) is 9.52. The minimum absolute atomic E-state index is 0.0730. The summed E-state index contributed by atoms with van der Waals surface area (Å²) in [4.78, 5) is 20.9. The van der Waals surface area contributed by atoms with Gasteiger partial charge >= 0.3 is 11.9 Å². The van der Waals surface area contributed by atoms with E-state index in [-0.39, 0.29) is 5.97 Å². The highest BCUT2D eigenvalue weighted by Gasteiger charge is 2.02. The Morgan fingerprint density at radius 1 is 0.917 bits per heavy atom. The van der Waals surface area contributed by atoms with Gasteiger partial charge in [-0.3, -0.25) is 9.59 Å². The number of hydrogen-bond acceptors (Lipinski definition) is 3. The van der Waals surface area contributed by atoms with E-state index in [1.165, 1.54) is 32.1 Å².